The number of halogens is 1. The van der Waals surface area contributed by atoms with Crippen molar-refractivity contribution in [1.29, 1.82) is 0 Å². The van der Waals surface area contributed by atoms with E-state index in [1.54, 1.807) is 23.4 Å². The summed E-state index contributed by atoms with van der Waals surface area (Å²) in [6.45, 7) is 2.07. The maximum Gasteiger partial charge on any atom is 0.318 e. The normalized spacial score (nSPS) is 19.5. The second kappa shape index (κ2) is 5.53. The van der Waals surface area contributed by atoms with Gasteiger partial charge in [0.15, 0.2) is 17.4 Å². The number of hydrogen-bond acceptors (Lipinski definition) is 4. The Balaban J connectivity index is 1.49. The number of carbonyl (C=O) groups excluding carboxylic acids is 1. The summed E-state index contributed by atoms with van der Waals surface area (Å²) >= 11 is 0. The topological polar surface area (TPSA) is 72.3 Å². The van der Waals surface area contributed by atoms with Crippen LogP contribution in [0.25, 0.3) is 0 Å². The van der Waals surface area contributed by atoms with E-state index in [0.717, 1.165) is 5.82 Å². The molecule has 2 aromatic rings. The lowest BCUT2D eigenvalue weighted by Crippen LogP contribution is -2.46. The van der Waals surface area contributed by atoms with E-state index < -0.39 is 5.82 Å². The Morgan fingerprint density at radius 1 is 1.39 bits per heavy atom. The summed E-state index contributed by atoms with van der Waals surface area (Å²) in [6, 6.07) is 4.35. The maximum atomic E-state index is 13.8. The molecule has 2 aliphatic rings. The average molecular weight is 317 g/mol. The molecule has 0 aliphatic carbocycles. The van der Waals surface area contributed by atoms with Gasteiger partial charge in [-0.2, -0.15) is 0 Å². The SMILES string of the molecule is O=C(N[C@H]1CCOc2c(F)cccc21)N1CCn2cnnc2C1. The minimum absolute atomic E-state index is 0.179. The molecule has 23 heavy (non-hydrogen) atoms. The van der Waals surface area contributed by atoms with Gasteiger partial charge in [0.1, 0.15) is 6.33 Å². The summed E-state index contributed by atoms with van der Waals surface area (Å²) in [4.78, 5) is 14.2. The van der Waals surface area contributed by atoms with E-state index in [9.17, 15) is 9.18 Å². The summed E-state index contributed by atoms with van der Waals surface area (Å²) in [7, 11) is 0. The number of benzene rings is 1. The predicted molar refractivity (Wildman–Crippen MR) is 78.2 cm³/mol. The van der Waals surface area contributed by atoms with E-state index in [-0.39, 0.29) is 17.8 Å². The average Bonchev–Trinajstić information content (AvgIpc) is 3.03. The standard InChI is InChI=1S/C15H16FN5O2/c16-11-3-1-2-10-12(4-7-23-14(10)11)18-15(22)20-5-6-21-9-17-19-13(21)8-20/h1-3,9,12H,4-8H2,(H,18,22)/t12-/m0/s1. The number of rotatable bonds is 1. The fraction of sp³-hybridized carbons (Fsp3) is 0.400. The van der Waals surface area contributed by atoms with E-state index in [2.05, 4.69) is 15.5 Å². The minimum Gasteiger partial charge on any atom is -0.490 e. The van der Waals surface area contributed by atoms with Crippen molar-refractivity contribution in [3.63, 3.8) is 0 Å². The number of para-hydroxylation sites is 1. The van der Waals surface area contributed by atoms with Crippen LogP contribution < -0.4 is 10.1 Å². The van der Waals surface area contributed by atoms with E-state index in [4.69, 9.17) is 4.74 Å². The van der Waals surface area contributed by atoms with Gasteiger partial charge < -0.3 is 19.5 Å². The largest absolute Gasteiger partial charge is 0.490 e. The number of fused-ring (bicyclic) bond motifs is 2. The van der Waals surface area contributed by atoms with Gasteiger partial charge in [0.2, 0.25) is 0 Å². The molecular weight excluding hydrogens is 301 g/mol. The van der Waals surface area contributed by atoms with Crippen molar-refractivity contribution in [1.82, 2.24) is 25.0 Å². The lowest BCUT2D eigenvalue weighted by Gasteiger charge is -2.31. The van der Waals surface area contributed by atoms with Gasteiger partial charge in [-0.3, -0.25) is 0 Å². The highest BCUT2D eigenvalue weighted by Crippen LogP contribution is 2.34. The van der Waals surface area contributed by atoms with Crippen molar-refractivity contribution < 1.29 is 13.9 Å². The Morgan fingerprint density at radius 3 is 3.22 bits per heavy atom. The number of hydrogen-bond donors (Lipinski definition) is 1. The third-order valence-electron chi connectivity index (χ3n) is 4.25. The molecule has 0 saturated carbocycles. The zero-order valence-corrected chi connectivity index (χ0v) is 12.4. The minimum atomic E-state index is -0.396. The molecule has 0 radical (unpaired) electrons. The molecule has 0 bridgehead atoms. The van der Waals surface area contributed by atoms with Gasteiger partial charge in [-0.1, -0.05) is 12.1 Å². The van der Waals surface area contributed by atoms with Crippen LogP contribution in [0.4, 0.5) is 9.18 Å². The Kier molecular flexibility index (Phi) is 3.36. The molecule has 1 atom stereocenters. The van der Waals surface area contributed by atoms with Crippen molar-refractivity contribution in [3.05, 3.63) is 41.7 Å². The van der Waals surface area contributed by atoms with Crippen molar-refractivity contribution in [2.45, 2.75) is 25.6 Å². The second-order valence-electron chi connectivity index (χ2n) is 5.66. The molecule has 1 aromatic carbocycles. The quantitative estimate of drug-likeness (QED) is 0.864. The maximum absolute atomic E-state index is 13.8. The summed E-state index contributed by atoms with van der Waals surface area (Å²) in [5.74, 6) is 0.611. The fourth-order valence-corrected chi connectivity index (χ4v) is 3.02. The van der Waals surface area contributed by atoms with Crippen LogP contribution in [0, 0.1) is 5.82 Å². The van der Waals surface area contributed by atoms with Gasteiger partial charge >= 0.3 is 6.03 Å². The number of carbonyl (C=O) groups is 1. The first-order valence-electron chi connectivity index (χ1n) is 7.55. The van der Waals surface area contributed by atoms with Crippen LogP contribution in [0.5, 0.6) is 5.75 Å². The fourth-order valence-electron chi connectivity index (χ4n) is 3.02. The van der Waals surface area contributed by atoms with Crippen molar-refractivity contribution in [3.8, 4) is 5.75 Å². The second-order valence-corrected chi connectivity index (χ2v) is 5.66. The smallest absolute Gasteiger partial charge is 0.318 e. The first-order valence-corrected chi connectivity index (χ1v) is 7.55. The number of urea groups is 1. The van der Waals surface area contributed by atoms with Crippen LogP contribution >= 0.6 is 0 Å². The number of nitrogens with zero attached hydrogens (tertiary/aromatic N) is 4. The van der Waals surface area contributed by atoms with Crippen molar-refractivity contribution in [2.24, 2.45) is 0 Å². The van der Waals surface area contributed by atoms with E-state index >= 15 is 0 Å². The van der Waals surface area contributed by atoms with Crippen LogP contribution in [0.3, 0.4) is 0 Å². The zero-order valence-electron chi connectivity index (χ0n) is 12.4. The van der Waals surface area contributed by atoms with Crippen LogP contribution in [-0.2, 0) is 13.1 Å². The lowest BCUT2D eigenvalue weighted by molar-refractivity contribution is 0.171. The van der Waals surface area contributed by atoms with E-state index in [1.807, 2.05) is 4.57 Å². The number of ether oxygens (including phenoxy) is 1. The molecule has 0 spiro atoms. The predicted octanol–water partition coefficient (Wildman–Crippen LogP) is 1.47. The van der Waals surface area contributed by atoms with Crippen molar-refractivity contribution in [2.75, 3.05) is 13.2 Å². The van der Waals surface area contributed by atoms with Gasteiger partial charge in [-0.15, -0.1) is 10.2 Å². The van der Waals surface area contributed by atoms with E-state index in [1.165, 1.54) is 6.07 Å². The molecular formula is C15H16FN5O2. The van der Waals surface area contributed by atoms with Gasteiger partial charge in [0.05, 0.1) is 19.2 Å². The summed E-state index contributed by atoms with van der Waals surface area (Å²) in [6.07, 6.45) is 2.29. The van der Waals surface area contributed by atoms with Crippen LogP contribution in [-0.4, -0.2) is 38.8 Å². The Bertz CT molecular complexity index is 747. The molecule has 3 heterocycles. The highest BCUT2D eigenvalue weighted by atomic mass is 19.1. The molecule has 2 aliphatic heterocycles. The first kappa shape index (κ1) is 14.0. The number of amides is 2. The third-order valence-corrected chi connectivity index (χ3v) is 4.25. The van der Waals surface area contributed by atoms with Crippen LogP contribution in [0.1, 0.15) is 23.9 Å². The summed E-state index contributed by atoms with van der Waals surface area (Å²) in [5.41, 5.74) is 0.685. The molecule has 0 fully saturated rings. The third kappa shape index (κ3) is 2.49. The Hall–Kier alpha value is -2.64. The molecule has 4 rings (SSSR count). The molecule has 8 heteroatoms. The highest BCUT2D eigenvalue weighted by Gasteiger charge is 2.28. The molecule has 1 aromatic heterocycles. The number of nitrogens with one attached hydrogen (secondary N) is 1. The molecule has 0 unspecified atom stereocenters. The summed E-state index contributed by atoms with van der Waals surface area (Å²) < 4.78 is 21.1. The zero-order chi connectivity index (χ0) is 15.8. The van der Waals surface area contributed by atoms with Gasteiger partial charge in [0, 0.05) is 25.1 Å². The highest BCUT2D eigenvalue weighted by molar-refractivity contribution is 5.75. The van der Waals surface area contributed by atoms with Crippen LogP contribution in [0.15, 0.2) is 24.5 Å². The molecule has 7 nitrogen and oxygen atoms in total. The van der Waals surface area contributed by atoms with Crippen molar-refractivity contribution >= 4 is 6.03 Å². The Morgan fingerprint density at radius 2 is 2.30 bits per heavy atom. The number of aromatic nitrogens is 3. The van der Waals surface area contributed by atoms with Crippen LogP contribution in [0.2, 0.25) is 0 Å². The lowest BCUT2D eigenvalue weighted by atomic mass is 10.0. The monoisotopic (exact) mass is 317 g/mol. The molecule has 0 saturated heterocycles. The molecule has 120 valence electrons. The summed E-state index contributed by atoms with van der Waals surface area (Å²) in [5, 5.41) is 10.8. The molecule has 1 N–H and O–H groups in total. The van der Waals surface area contributed by atoms with Gasteiger partial charge in [-0.25, -0.2) is 9.18 Å². The van der Waals surface area contributed by atoms with E-state index in [0.29, 0.717) is 38.2 Å². The van der Waals surface area contributed by atoms with Gasteiger partial charge in [-0.05, 0) is 6.07 Å². The first-order chi connectivity index (χ1) is 11.2. The molecule has 2 amide bonds. The van der Waals surface area contributed by atoms with Gasteiger partial charge in [0.25, 0.3) is 0 Å². The Labute approximate surface area is 132 Å².